The van der Waals surface area contributed by atoms with E-state index in [0.717, 1.165) is 40.6 Å². The zero-order valence-electron chi connectivity index (χ0n) is 16.9. The van der Waals surface area contributed by atoms with Crippen molar-refractivity contribution in [1.29, 1.82) is 0 Å². The molecule has 1 aliphatic carbocycles. The van der Waals surface area contributed by atoms with Gasteiger partial charge in [0.1, 0.15) is 11.7 Å². The van der Waals surface area contributed by atoms with E-state index in [4.69, 9.17) is 5.21 Å². The van der Waals surface area contributed by atoms with Gasteiger partial charge in [-0.3, -0.25) is 14.9 Å². The van der Waals surface area contributed by atoms with E-state index < -0.39 is 11.8 Å². The maximum atomic E-state index is 13.6. The van der Waals surface area contributed by atoms with Crippen LogP contribution in [0.1, 0.15) is 22.6 Å². The molecular weight excluding hydrogens is 397 g/mol. The molecule has 160 valence electrons. The van der Waals surface area contributed by atoms with Crippen molar-refractivity contribution in [3.8, 4) is 11.8 Å². The van der Waals surface area contributed by atoms with Crippen LogP contribution in [0.25, 0.3) is 10.9 Å². The highest BCUT2D eigenvalue weighted by Crippen LogP contribution is 2.30. The summed E-state index contributed by atoms with van der Waals surface area (Å²) in [6, 6.07) is 12.6. The lowest BCUT2D eigenvalue weighted by molar-refractivity contribution is -0.132. The van der Waals surface area contributed by atoms with Crippen molar-refractivity contribution in [1.82, 2.24) is 15.4 Å². The molecule has 2 aromatic carbocycles. The summed E-state index contributed by atoms with van der Waals surface area (Å²) in [5, 5.41) is 19.2. The third-order valence-corrected chi connectivity index (χ3v) is 5.71. The summed E-state index contributed by atoms with van der Waals surface area (Å²) in [6.07, 6.45) is 2.64. The van der Waals surface area contributed by atoms with Crippen molar-refractivity contribution < 1.29 is 19.5 Å². The number of nitrogens with one attached hydrogen (secondary N) is 2. The number of nitrogens with zero attached hydrogens (tertiary/aromatic N) is 1. The highest BCUT2D eigenvalue weighted by atomic mass is 19.1. The third-order valence-electron chi connectivity index (χ3n) is 5.71. The van der Waals surface area contributed by atoms with Crippen molar-refractivity contribution in [2.75, 3.05) is 19.7 Å². The lowest BCUT2D eigenvalue weighted by Gasteiger charge is -2.24. The fraction of sp³-hybridized carbons (Fsp3) is 0.292. The standard InChI is InChI=1S/C24H24FN3O3/c25-19-5-8-23-22(13-19)18(14-26-23)9-10-28(11-12-29)15-16-1-3-17(4-2-16)20-6-7-21(20)24(30)27-31/h1-5,8,13-14,20-21,26,29,31H,9-12,15H2,(H,27,30). The number of hydrogen-bond acceptors (Lipinski definition) is 4. The smallest absolute Gasteiger partial charge is 0.260 e. The van der Waals surface area contributed by atoms with Gasteiger partial charge in [0.25, 0.3) is 5.91 Å². The Morgan fingerprint density at radius 1 is 1.16 bits per heavy atom. The zero-order chi connectivity index (χ0) is 21.8. The predicted molar refractivity (Wildman–Crippen MR) is 115 cm³/mol. The van der Waals surface area contributed by atoms with Crippen LogP contribution in [0, 0.1) is 23.6 Å². The molecule has 0 bridgehead atoms. The second-order valence-corrected chi connectivity index (χ2v) is 7.72. The number of aliphatic hydroxyl groups excluding tert-OH is 1. The Hall–Kier alpha value is -3.18. The van der Waals surface area contributed by atoms with E-state index in [2.05, 4.69) is 21.7 Å². The fourth-order valence-corrected chi connectivity index (χ4v) is 3.95. The molecule has 1 aromatic heterocycles. The monoisotopic (exact) mass is 421 g/mol. The Kier molecular flexibility index (Phi) is 6.33. The van der Waals surface area contributed by atoms with Crippen LogP contribution >= 0.6 is 0 Å². The van der Waals surface area contributed by atoms with Crippen molar-refractivity contribution in [3.63, 3.8) is 0 Å². The highest BCUT2D eigenvalue weighted by Gasteiger charge is 2.32. The number of rotatable bonds is 9. The largest absolute Gasteiger partial charge is 0.395 e. The Morgan fingerprint density at radius 3 is 2.65 bits per heavy atom. The number of aromatic amines is 1. The van der Waals surface area contributed by atoms with Crippen molar-refractivity contribution in [2.24, 2.45) is 5.92 Å². The molecule has 1 amide bonds. The minimum Gasteiger partial charge on any atom is -0.395 e. The lowest BCUT2D eigenvalue weighted by atomic mass is 9.79. The van der Waals surface area contributed by atoms with E-state index in [9.17, 15) is 14.3 Å². The van der Waals surface area contributed by atoms with Crippen LogP contribution < -0.4 is 5.48 Å². The number of halogens is 1. The maximum Gasteiger partial charge on any atom is 0.260 e. The molecule has 0 saturated carbocycles. The number of carbonyl (C=O) groups excluding carboxylic acids is 1. The first-order valence-electron chi connectivity index (χ1n) is 10.2. The van der Waals surface area contributed by atoms with Crippen LogP contribution in [0.4, 0.5) is 4.39 Å². The van der Waals surface area contributed by atoms with Crippen LogP contribution in [-0.4, -0.2) is 45.8 Å². The molecule has 0 saturated heterocycles. The number of hydrogen-bond donors (Lipinski definition) is 4. The van der Waals surface area contributed by atoms with Gasteiger partial charge in [-0.2, -0.15) is 0 Å². The summed E-state index contributed by atoms with van der Waals surface area (Å²) in [5.41, 5.74) is 5.64. The summed E-state index contributed by atoms with van der Waals surface area (Å²) < 4.78 is 13.6. The molecule has 2 atom stereocenters. The van der Waals surface area contributed by atoms with Gasteiger partial charge in [0.2, 0.25) is 0 Å². The second kappa shape index (κ2) is 9.31. The van der Waals surface area contributed by atoms with Gasteiger partial charge in [-0.15, -0.1) is 0 Å². The maximum absolute atomic E-state index is 13.6. The Balaban J connectivity index is 1.39. The van der Waals surface area contributed by atoms with Crippen molar-refractivity contribution in [2.45, 2.75) is 18.9 Å². The molecule has 3 aromatic rings. The van der Waals surface area contributed by atoms with Gasteiger partial charge in [0.05, 0.1) is 12.5 Å². The van der Waals surface area contributed by atoms with Crippen LogP contribution in [-0.2, 0) is 17.8 Å². The average Bonchev–Trinajstić information content (AvgIpc) is 3.14. The molecule has 31 heavy (non-hydrogen) atoms. The minimum atomic E-state index is -0.525. The molecule has 4 N–H and O–H groups in total. The summed E-state index contributed by atoms with van der Waals surface area (Å²) >= 11 is 0. The van der Waals surface area contributed by atoms with Crippen molar-refractivity contribution in [3.05, 3.63) is 71.2 Å². The molecule has 0 aliphatic heterocycles. The molecule has 7 heteroatoms. The normalized spacial score (nSPS) is 17.3. The second-order valence-electron chi connectivity index (χ2n) is 7.72. The van der Waals surface area contributed by atoms with E-state index in [0.29, 0.717) is 13.1 Å². The summed E-state index contributed by atoms with van der Waals surface area (Å²) in [7, 11) is 0. The first kappa shape index (κ1) is 21.1. The molecule has 1 aliphatic rings. The first-order valence-corrected chi connectivity index (χ1v) is 10.2. The van der Waals surface area contributed by atoms with Gasteiger partial charge in [-0.25, -0.2) is 9.87 Å². The summed E-state index contributed by atoms with van der Waals surface area (Å²) in [6.45, 7) is 1.97. The molecule has 2 unspecified atom stereocenters. The number of amides is 1. The van der Waals surface area contributed by atoms with Gasteiger partial charge in [-0.05, 0) is 41.3 Å². The van der Waals surface area contributed by atoms with E-state index >= 15 is 0 Å². The molecular formula is C24H24FN3O3. The number of aliphatic hydroxyl groups is 1. The predicted octanol–water partition coefficient (Wildman–Crippen LogP) is 2.57. The molecule has 0 radical (unpaired) electrons. The quantitative estimate of drug-likeness (QED) is 0.243. The molecule has 1 heterocycles. The zero-order valence-corrected chi connectivity index (χ0v) is 16.9. The van der Waals surface area contributed by atoms with Gasteiger partial charge >= 0.3 is 0 Å². The topological polar surface area (TPSA) is 88.6 Å². The summed E-state index contributed by atoms with van der Waals surface area (Å²) in [4.78, 5) is 16.9. The average molecular weight is 421 g/mol. The number of hydroxylamine groups is 1. The van der Waals surface area contributed by atoms with Crippen LogP contribution in [0.5, 0.6) is 0 Å². The number of benzene rings is 2. The van der Waals surface area contributed by atoms with E-state index in [-0.39, 0.29) is 18.3 Å². The van der Waals surface area contributed by atoms with Crippen molar-refractivity contribution >= 4 is 16.8 Å². The minimum absolute atomic E-state index is 0.0518. The van der Waals surface area contributed by atoms with E-state index in [1.54, 1.807) is 17.6 Å². The third kappa shape index (κ3) is 4.62. The fourth-order valence-electron chi connectivity index (χ4n) is 3.95. The van der Waals surface area contributed by atoms with Gasteiger partial charge in [0, 0.05) is 36.7 Å². The van der Waals surface area contributed by atoms with Crippen LogP contribution in [0.3, 0.4) is 0 Å². The van der Waals surface area contributed by atoms with E-state index in [1.807, 2.05) is 30.5 Å². The number of H-pyrrole nitrogens is 1. The number of fused-ring (bicyclic) bond motifs is 1. The number of aromatic nitrogens is 1. The molecule has 0 spiro atoms. The first-order chi connectivity index (χ1) is 15.1. The molecule has 6 nitrogen and oxygen atoms in total. The Labute approximate surface area is 179 Å². The van der Waals surface area contributed by atoms with Crippen LogP contribution in [0.2, 0.25) is 0 Å². The Bertz CT molecular complexity index is 1130. The van der Waals surface area contributed by atoms with Gasteiger partial charge < -0.3 is 10.1 Å². The molecule has 0 fully saturated rings. The van der Waals surface area contributed by atoms with Crippen LogP contribution in [0.15, 0.2) is 48.7 Å². The SMILES string of the molecule is O=C(NO)C1C#CC1c1ccc(CN(CCO)CCc2c[nH]c3ccc(F)cc23)cc1. The Morgan fingerprint density at radius 2 is 1.97 bits per heavy atom. The highest BCUT2D eigenvalue weighted by molar-refractivity contribution is 5.84. The van der Waals surface area contributed by atoms with Gasteiger partial charge in [0.15, 0.2) is 0 Å². The van der Waals surface area contributed by atoms with Gasteiger partial charge in [-0.1, -0.05) is 36.1 Å². The lowest BCUT2D eigenvalue weighted by Crippen LogP contribution is -2.34. The number of carbonyl (C=O) groups is 1. The summed E-state index contributed by atoms with van der Waals surface area (Å²) in [5.74, 6) is 4.26. The van der Waals surface area contributed by atoms with E-state index in [1.165, 1.54) is 6.07 Å². The molecule has 4 rings (SSSR count).